The summed E-state index contributed by atoms with van der Waals surface area (Å²) in [5.41, 5.74) is 0.0345. The third-order valence-electron chi connectivity index (χ3n) is 4.38. The first-order valence-corrected chi connectivity index (χ1v) is 11.1. The zero-order valence-corrected chi connectivity index (χ0v) is 18.4. The number of ether oxygens (including phenoxy) is 1. The van der Waals surface area contributed by atoms with Crippen LogP contribution in [0.4, 0.5) is 4.79 Å². The molecule has 1 aliphatic rings. The van der Waals surface area contributed by atoms with Gasteiger partial charge >= 0.3 is 6.09 Å². The van der Waals surface area contributed by atoms with Gasteiger partial charge in [0.05, 0.1) is 15.8 Å². The molecule has 9 heteroatoms. The first kappa shape index (κ1) is 22.3. The number of hydrogen-bond acceptors (Lipinski definition) is 4. The number of sulfonamides is 1. The Morgan fingerprint density at radius 1 is 1.22 bits per heavy atom. The second kappa shape index (κ2) is 8.55. The topological polar surface area (TPSA) is 66.9 Å². The fourth-order valence-corrected chi connectivity index (χ4v) is 4.79. The number of amides is 1. The summed E-state index contributed by atoms with van der Waals surface area (Å²) in [6.45, 7) is 6.17. The van der Waals surface area contributed by atoms with Crippen molar-refractivity contribution in [3.8, 4) is 0 Å². The molecule has 0 unspecified atom stereocenters. The van der Waals surface area contributed by atoms with Crippen LogP contribution in [-0.2, 0) is 20.5 Å². The molecule has 1 saturated heterocycles. The van der Waals surface area contributed by atoms with Gasteiger partial charge in [0, 0.05) is 26.2 Å². The number of rotatable bonds is 4. The number of benzene rings is 1. The monoisotopic (exact) mass is 436 g/mol. The van der Waals surface area contributed by atoms with Gasteiger partial charge in [-0.1, -0.05) is 29.3 Å². The molecule has 0 aliphatic carbocycles. The SMILES string of the molecule is CN(C(=O)OC(C)(C)C)C1CCN(S(=O)(=O)Cc2ccc(Cl)c(Cl)c2)CC1. The normalized spacial score (nSPS) is 17.0. The molecule has 152 valence electrons. The Morgan fingerprint density at radius 2 is 1.81 bits per heavy atom. The van der Waals surface area contributed by atoms with Crippen molar-refractivity contribution in [1.82, 2.24) is 9.21 Å². The zero-order valence-electron chi connectivity index (χ0n) is 16.0. The van der Waals surface area contributed by atoms with Crippen LogP contribution in [0.2, 0.25) is 10.0 Å². The van der Waals surface area contributed by atoms with Gasteiger partial charge in [0.1, 0.15) is 5.60 Å². The summed E-state index contributed by atoms with van der Waals surface area (Å²) in [6.07, 6.45) is 0.742. The fraction of sp³-hybridized carbons (Fsp3) is 0.611. The molecule has 0 radical (unpaired) electrons. The molecule has 0 saturated carbocycles. The van der Waals surface area contributed by atoms with Crippen molar-refractivity contribution in [2.75, 3.05) is 20.1 Å². The van der Waals surface area contributed by atoms with E-state index in [-0.39, 0.29) is 17.9 Å². The second-order valence-corrected chi connectivity index (χ2v) is 10.5. The summed E-state index contributed by atoms with van der Waals surface area (Å²) in [6, 6.07) is 4.78. The number of hydrogen-bond donors (Lipinski definition) is 0. The molecule has 27 heavy (non-hydrogen) atoms. The van der Waals surface area contributed by atoms with E-state index in [1.165, 1.54) is 4.31 Å². The number of piperidine rings is 1. The molecular weight excluding hydrogens is 411 g/mol. The van der Waals surface area contributed by atoms with E-state index in [0.29, 0.717) is 41.5 Å². The number of carbonyl (C=O) groups is 1. The van der Waals surface area contributed by atoms with E-state index >= 15 is 0 Å². The molecule has 0 aromatic heterocycles. The average Bonchev–Trinajstić information content (AvgIpc) is 2.56. The predicted octanol–water partition coefficient (Wildman–Crippen LogP) is 4.15. The van der Waals surface area contributed by atoms with Crippen molar-refractivity contribution in [3.05, 3.63) is 33.8 Å². The van der Waals surface area contributed by atoms with Gasteiger partial charge in [-0.15, -0.1) is 0 Å². The molecule has 1 aliphatic heterocycles. The molecule has 1 heterocycles. The number of carbonyl (C=O) groups excluding carboxylic acids is 1. The van der Waals surface area contributed by atoms with Crippen molar-refractivity contribution in [2.24, 2.45) is 0 Å². The van der Waals surface area contributed by atoms with E-state index in [9.17, 15) is 13.2 Å². The van der Waals surface area contributed by atoms with Gasteiger partial charge in [-0.25, -0.2) is 17.5 Å². The largest absolute Gasteiger partial charge is 0.444 e. The lowest BCUT2D eigenvalue weighted by atomic mass is 10.1. The Bertz CT molecular complexity index is 785. The van der Waals surface area contributed by atoms with Crippen LogP contribution in [0.5, 0.6) is 0 Å². The summed E-state index contributed by atoms with van der Waals surface area (Å²) < 4.78 is 32.2. The molecule has 0 bridgehead atoms. The highest BCUT2D eigenvalue weighted by atomic mass is 35.5. The molecule has 1 fully saturated rings. The molecular formula is C18H26Cl2N2O4S. The second-order valence-electron chi connectivity index (χ2n) is 7.73. The van der Waals surface area contributed by atoms with E-state index in [1.807, 2.05) is 20.8 Å². The van der Waals surface area contributed by atoms with Gasteiger partial charge in [-0.2, -0.15) is 0 Å². The van der Waals surface area contributed by atoms with E-state index in [0.717, 1.165) is 0 Å². The van der Waals surface area contributed by atoms with Crippen molar-refractivity contribution < 1.29 is 17.9 Å². The van der Waals surface area contributed by atoms with Gasteiger partial charge in [-0.05, 0) is 51.3 Å². The van der Waals surface area contributed by atoms with Gasteiger partial charge < -0.3 is 9.64 Å². The minimum atomic E-state index is -3.47. The third kappa shape index (κ3) is 6.24. The van der Waals surface area contributed by atoms with Crippen LogP contribution in [0.1, 0.15) is 39.2 Å². The molecule has 2 rings (SSSR count). The van der Waals surface area contributed by atoms with Gasteiger partial charge in [0.25, 0.3) is 0 Å². The van der Waals surface area contributed by atoms with Crippen LogP contribution in [0.3, 0.4) is 0 Å². The van der Waals surface area contributed by atoms with Crippen LogP contribution in [0.25, 0.3) is 0 Å². The number of halogens is 2. The third-order valence-corrected chi connectivity index (χ3v) is 6.97. The number of nitrogens with zero attached hydrogens (tertiary/aromatic N) is 2. The summed E-state index contributed by atoms with van der Waals surface area (Å²) in [7, 11) is -1.77. The highest BCUT2D eigenvalue weighted by Crippen LogP contribution is 2.26. The highest BCUT2D eigenvalue weighted by Gasteiger charge is 2.32. The maximum atomic E-state index is 12.7. The predicted molar refractivity (Wildman–Crippen MR) is 108 cm³/mol. The zero-order chi connectivity index (χ0) is 20.4. The van der Waals surface area contributed by atoms with E-state index < -0.39 is 15.6 Å². The Balaban J connectivity index is 1.95. The van der Waals surface area contributed by atoms with E-state index in [4.69, 9.17) is 27.9 Å². The molecule has 1 aromatic rings. The van der Waals surface area contributed by atoms with Gasteiger partial charge in [0.15, 0.2) is 0 Å². The van der Waals surface area contributed by atoms with Crippen LogP contribution in [0, 0.1) is 0 Å². The van der Waals surface area contributed by atoms with E-state index in [2.05, 4.69) is 0 Å². The van der Waals surface area contributed by atoms with Gasteiger partial charge in [-0.3, -0.25) is 0 Å². The minimum absolute atomic E-state index is 0.0451. The molecule has 0 N–H and O–H groups in total. The Labute approximate surface area is 171 Å². The van der Waals surface area contributed by atoms with E-state index in [1.54, 1.807) is 30.1 Å². The van der Waals surface area contributed by atoms with Crippen molar-refractivity contribution in [1.29, 1.82) is 0 Å². The molecule has 0 atom stereocenters. The molecule has 0 spiro atoms. The average molecular weight is 437 g/mol. The van der Waals surface area contributed by atoms with Crippen molar-refractivity contribution in [3.63, 3.8) is 0 Å². The van der Waals surface area contributed by atoms with Crippen LogP contribution < -0.4 is 0 Å². The summed E-state index contributed by atoms with van der Waals surface area (Å²) in [5.74, 6) is -0.129. The minimum Gasteiger partial charge on any atom is -0.444 e. The van der Waals surface area contributed by atoms with Crippen LogP contribution in [0.15, 0.2) is 18.2 Å². The lowest BCUT2D eigenvalue weighted by Gasteiger charge is -2.36. The highest BCUT2D eigenvalue weighted by molar-refractivity contribution is 7.88. The Morgan fingerprint density at radius 3 is 2.33 bits per heavy atom. The summed E-state index contributed by atoms with van der Waals surface area (Å²) >= 11 is 11.8. The van der Waals surface area contributed by atoms with Gasteiger partial charge in [0.2, 0.25) is 10.0 Å². The Hall–Kier alpha value is -1.02. The lowest BCUT2D eigenvalue weighted by molar-refractivity contribution is 0.0178. The smallest absolute Gasteiger partial charge is 0.410 e. The summed E-state index contributed by atoms with van der Waals surface area (Å²) in [4.78, 5) is 13.7. The maximum Gasteiger partial charge on any atom is 0.410 e. The van der Waals surface area contributed by atoms with Crippen LogP contribution >= 0.6 is 23.2 Å². The first-order valence-electron chi connectivity index (χ1n) is 8.76. The fourth-order valence-electron chi connectivity index (χ4n) is 2.92. The Kier molecular flexibility index (Phi) is 7.06. The molecule has 1 aromatic carbocycles. The lowest BCUT2D eigenvalue weighted by Crippen LogP contribution is -2.48. The van der Waals surface area contributed by atoms with Crippen molar-refractivity contribution in [2.45, 2.75) is 51.0 Å². The molecule has 6 nitrogen and oxygen atoms in total. The quantitative estimate of drug-likeness (QED) is 0.710. The summed E-state index contributed by atoms with van der Waals surface area (Å²) in [5, 5.41) is 0.728. The maximum absolute atomic E-state index is 12.7. The van der Waals surface area contributed by atoms with Crippen molar-refractivity contribution >= 4 is 39.3 Å². The standard InChI is InChI=1S/C18H26Cl2N2O4S/c1-18(2,3)26-17(23)21(4)14-7-9-22(10-8-14)27(24,25)12-13-5-6-15(19)16(20)11-13/h5-6,11,14H,7-10,12H2,1-4H3. The molecule has 1 amide bonds. The first-order chi connectivity index (χ1) is 12.4. The van der Waals surface area contributed by atoms with Crippen LogP contribution in [-0.4, -0.2) is 55.5 Å².